The van der Waals surface area contributed by atoms with Crippen LogP contribution in [-0.2, 0) is 11.8 Å². The first-order chi connectivity index (χ1) is 2.56. The van der Waals surface area contributed by atoms with Gasteiger partial charge in [-0.05, 0) is 25.5 Å². The summed E-state index contributed by atoms with van der Waals surface area (Å²) < 4.78 is 0. The van der Waals surface area contributed by atoms with Crippen LogP contribution in [-0.4, -0.2) is 19.5 Å². The highest BCUT2D eigenvalue weighted by atomic mass is 32.4. The summed E-state index contributed by atoms with van der Waals surface area (Å²) in [7, 11) is 0. The summed E-state index contributed by atoms with van der Waals surface area (Å²) in [4.78, 5) is 0. The number of hydrogen-bond donors (Lipinski definition) is 0. The van der Waals surface area contributed by atoms with Crippen molar-refractivity contribution in [3.05, 3.63) is 0 Å². The molecule has 0 spiro atoms. The largest absolute Gasteiger partial charge is 0.0981 e. The normalized spacial score (nSPS) is 11.8. The molecule has 38 valence electrons. The first-order valence-electron chi connectivity index (χ1n) is 2.10. The molecule has 0 aromatic heterocycles. The molecule has 2 heteroatoms. The third-order valence-corrected chi connectivity index (χ3v) is 3.06. The van der Waals surface area contributed by atoms with Crippen LogP contribution >= 0.6 is 6.04 Å². The SMILES string of the molecule is CCP(C)(C)=S. The van der Waals surface area contributed by atoms with Crippen LogP contribution in [0.4, 0.5) is 0 Å². The average molecular weight is 122 g/mol. The van der Waals surface area contributed by atoms with E-state index in [1.54, 1.807) is 0 Å². The molecule has 0 N–H and O–H groups in total. The smallest absolute Gasteiger partial charge is 0.0268 e. The van der Waals surface area contributed by atoms with Crippen molar-refractivity contribution in [3.8, 4) is 0 Å². The summed E-state index contributed by atoms with van der Waals surface area (Å²) in [6.45, 7) is 6.49. The van der Waals surface area contributed by atoms with Gasteiger partial charge in [0.05, 0.1) is 0 Å². The maximum atomic E-state index is 5.10. The maximum absolute atomic E-state index is 5.10. The minimum absolute atomic E-state index is 0.813. The molecule has 0 atom stereocenters. The van der Waals surface area contributed by atoms with Crippen molar-refractivity contribution in [2.24, 2.45) is 0 Å². The van der Waals surface area contributed by atoms with E-state index in [9.17, 15) is 0 Å². The summed E-state index contributed by atoms with van der Waals surface area (Å²) in [6.07, 6.45) is 1.20. The highest BCUT2D eigenvalue weighted by Gasteiger charge is 1.92. The lowest BCUT2D eigenvalue weighted by molar-refractivity contribution is 1.49. The van der Waals surface area contributed by atoms with E-state index >= 15 is 0 Å². The maximum Gasteiger partial charge on any atom is -0.0268 e. The first-order valence-corrected chi connectivity index (χ1v) is 5.98. The topological polar surface area (TPSA) is 0 Å². The molecule has 0 aliphatic carbocycles. The Morgan fingerprint density at radius 2 is 1.67 bits per heavy atom. The highest BCUT2D eigenvalue weighted by Crippen LogP contribution is 2.34. The second-order valence-electron chi connectivity index (χ2n) is 1.89. The molecule has 0 saturated carbocycles. The number of rotatable bonds is 1. The predicted octanol–water partition coefficient (Wildman–Crippen LogP) is 1.75. The fourth-order valence-corrected chi connectivity index (χ4v) is 0. The van der Waals surface area contributed by atoms with Gasteiger partial charge in [-0.1, -0.05) is 18.7 Å². The van der Waals surface area contributed by atoms with E-state index < -0.39 is 6.04 Å². The second-order valence-corrected chi connectivity index (χ2v) is 8.64. The van der Waals surface area contributed by atoms with Gasteiger partial charge in [-0.25, -0.2) is 0 Å². The molecule has 0 aromatic rings. The Labute approximate surface area is 45.0 Å². The van der Waals surface area contributed by atoms with E-state index in [2.05, 4.69) is 20.3 Å². The highest BCUT2D eigenvalue weighted by molar-refractivity contribution is 8.13. The van der Waals surface area contributed by atoms with Crippen molar-refractivity contribution in [3.63, 3.8) is 0 Å². The van der Waals surface area contributed by atoms with Crippen LogP contribution in [0.3, 0.4) is 0 Å². The molecule has 0 amide bonds. The van der Waals surface area contributed by atoms with Crippen molar-refractivity contribution in [1.82, 2.24) is 0 Å². The third-order valence-electron chi connectivity index (χ3n) is 0.762. The van der Waals surface area contributed by atoms with Gasteiger partial charge < -0.3 is 0 Å². The van der Waals surface area contributed by atoms with E-state index in [1.807, 2.05) is 0 Å². The lowest BCUT2D eigenvalue weighted by Crippen LogP contribution is -1.73. The Kier molecular flexibility index (Phi) is 2.31. The standard InChI is InChI=1S/C4H11PS/c1-4-5(2,3)6/h4H2,1-3H3. The van der Waals surface area contributed by atoms with E-state index in [-0.39, 0.29) is 0 Å². The zero-order chi connectivity index (χ0) is 5.21. The van der Waals surface area contributed by atoms with Crippen molar-refractivity contribution in [2.75, 3.05) is 19.5 Å². The Bertz CT molecular complexity index is 71.6. The van der Waals surface area contributed by atoms with Crippen LogP contribution in [0, 0.1) is 0 Å². The molecule has 0 heterocycles. The van der Waals surface area contributed by atoms with E-state index in [0.29, 0.717) is 0 Å². The number of hydrogen-bond acceptors (Lipinski definition) is 1. The fraction of sp³-hybridized carbons (Fsp3) is 1.00. The molecule has 0 aliphatic heterocycles. The quantitative estimate of drug-likeness (QED) is 0.477. The van der Waals surface area contributed by atoms with Gasteiger partial charge in [0.25, 0.3) is 0 Å². The molecular weight excluding hydrogens is 111 g/mol. The molecule has 0 rings (SSSR count). The minimum Gasteiger partial charge on any atom is -0.0981 e. The van der Waals surface area contributed by atoms with Crippen LogP contribution in [0.25, 0.3) is 0 Å². The predicted molar refractivity (Wildman–Crippen MR) is 36.7 cm³/mol. The molecule has 0 nitrogen and oxygen atoms in total. The molecule has 6 heavy (non-hydrogen) atoms. The van der Waals surface area contributed by atoms with Crippen molar-refractivity contribution in [1.29, 1.82) is 0 Å². The van der Waals surface area contributed by atoms with Gasteiger partial charge in [-0.2, -0.15) is 0 Å². The Morgan fingerprint density at radius 3 is 1.67 bits per heavy atom. The molecule has 0 unspecified atom stereocenters. The Morgan fingerprint density at radius 1 is 1.50 bits per heavy atom. The van der Waals surface area contributed by atoms with Gasteiger partial charge in [0.2, 0.25) is 0 Å². The Hall–Kier alpha value is 0.650. The van der Waals surface area contributed by atoms with Gasteiger partial charge in [-0.3, -0.25) is 0 Å². The van der Waals surface area contributed by atoms with Crippen molar-refractivity contribution in [2.45, 2.75) is 6.92 Å². The molecule has 0 saturated heterocycles. The molecule has 0 fully saturated rings. The van der Waals surface area contributed by atoms with E-state index in [0.717, 1.165) is 0 Å². The van der Waals surface area contributed by atoms with Crippen molar-refractivity contribution < 1.29 is 0 Å². The monoisotopic (exact) mass is 122 g/mol. The van der Waals surface area contributed by atoms with Gasteiger partial charge in [0.15, 0.2) is 0 Å². The molecule has 0 radical (unpaired) electrons. The minimum atomic E-state index is -0.813. The van der Waals surface area contributed by atoms with Gasteiger partial charge in [0, 0.05) is 0 Å². The van der Waals surface area contributed by atoms with Crippen molar-refractivity contribution >= 4 is 17.8 Å². The third kappa shape index (κ3) is 4.65. The molecular formula is C4H11PS. The summed E-state index contributed by atoms with van der Waals surface area (Å²) in [5.41, 5.74) is 0. The summed E-state index contributed by atoms with van der Waals surface area (Å²) in [6, 6.07) is -0.813. The molecule has 0 aliphatic rings. The van der Waals surface area contributed by atoms with Crippen LogP contribution in [0.15, 0.2) is 0 Å². The average Bonchev–Trinajstić information content (AvgIpc) is 1.35. The Balaban J connectivity index is 3.48. The van der Waals surface area contributed by atoms with E-state index in [1.165, 1.54) is 6.16 Å². The lowest BCUT2D eigenvalue weighted by atomic mass is 11.0. The first kappa shape index (κ1) is 6.65. The van der Waals surface area contributed by atoms with Crippen LogP contribution in [0.5, 0.6) is 0 Å². The fourth-order valence-electron chi connectivity index (χ4n) is 0. The van der Waals surface area contributed by atoms with Gasteiger partial charge in [0.1, 0.15) is 0 Å². The summed E-state index contributed by atoms with van der Waals surface area (Å²) in [5, 5.41) is 0. The molecule has 0 bridgehead atoms. The van der Waals surface area contributed by atoms with Crippen LogP contribution < -0.4 is 0 Å². The van der Waals surface area contributed by atoms with Crippen LogP contribution in [0.2, 0.25) is 0 Å². The van der Waals surface area contributed by atoms with Gasteiger partial charge >= 0.3 is 0 Å². The van der Waals surface area contributed by atoms with Crippen LogP contribution in [0.1, 0.15) is 6.92 Å². The summed E-state index contributed by atoms with van der Waals surface area (Å²) >= 11 is 5.10. The zero-order valence-electron chi connectivity index (χ0n) is 4.56. The van der Waals surface area contributed by atoms with E-state index in [4.69, 9.17) is 11.8 Å². The molecule has 0 aromatic carbocycles. The lowest BCUT2D eigenvalue weighted by Gasteiger charge is -2.01. The summed E-state index contributed by atoms with van der Waals surface area (Å²) in [5.74, 6) is 0. The zero-order valence-corrected chi connectivity index (χ0v) is 6.27. The second kappa shape index (κ2) is 2.09. The van der Waals surface area contributed by atoms with Gasteiger partial charge in [-0.15, -0.1) is 0 Å².